The van der Waals surface area contributed by atoms with E-state index < -0.39 is 0 Å². The van der Waals surface area contributed by atoms with Crippen LogP contribution in [-0.2, 0) is 14.3 Å². The lowest BCUT2D eigenvalue weighted by Crippen LogP contribution is -2.50. The first-order chi connectivity index (χ1) is 15.0. The minimum atomic E-state index is 0.0560. The number of para-hydroxylation sites is 1. The van der Waals surface area contributed by atoms with E-state index in [9.17, 15) is 9.59 Å². The fourth-order valence-electron chi connectivity index (χ4n) is 3.84. The van der Waals surface area contributed by atoms with Gasteiger partial charge in [-0.1, -0.05) is 30.0 Å². The normalized spacial score (nSPS) is 17.2. The van der Waals surface area contributed by atoms with Crippen LogP contribution >= 0.6 is 11.8 Å². The van der Waals surface area contributed by atoms with Crippen molar-refractivity contribution in [3.05, 3.63) is 29.8 Å². The number of amides is 2. The molecule has 4 rings (SSSR count). The molecule has 0 saturated carbocycles. The standard InChI is InChI=1S/C21H28N6O3S/c1-16-5-3-4-6-18(16)27-20(26-11-13-30-14-12-26)22-23-21(27)31-15-19(29)25-9-7-24(8-10-25)17(2)28/h3-6H,7-15H2,1-2H3. The van der Waals surface area contributed by atoms with Crippen LogP contribution in [0.3, 0.4) is 0 Å². The highest BCUT2D eigenvalue weighted by atomic mass is 32.2. The molecule has 0 spiro atoms. The summed E-state index contributed by atoms with van der Waals surface area (Å²) in [7, 11) is 0. The predicted molar refractivity (Wildman–Crippen MR) is 119 cm³/mol. The Hall–Kier alpha value is -2.59. The van der Waals surface area contributed by atoms with E-state index in [0.717, 1.165) is 30.3 Å². The van der Waals surface area contributed by atoms with Crippen molar-refractivity contribution in [3.63, 3.8) is 0 Å². The van der Waals surface area contributed by atoms with Gasteiger partial charge in [-0.2, -0.15) is 0 Å². The first kappa shape index (κ1) is 21.6. The van der Waals surface area contributed by atoms with E-state index in [0.29, 0.717) is 44.5 Å². The maximum atomic E-state index is 12.8. The number of thioether (sulfide) groups is 1. The van der Waals surface area contributed by atoms with E-state index in [2.05, 4.69) is 34.2 Å². The zero-order valence-corrected chi connectivity index (χ0v) is 18.8. The van der Waals surface area contributed by atoms with Gasteiger partial charge in [0.15, 0.2) is 5.16 Å². The lowest BCUT2D eigenvalue weighted by molar-refractivity contribution is -0.136. The number of anilines is 1. The molecule has 0 unspecified atom stereocenters. The monoisotopic (exact) mass is 444 g/mol. The van der Waals surface area contributed by atoms with Gasteiger partial charge in [0, 0.05) is 46.2 Å². The third kappa shape index (κ3) is 4.85. The molecule has 0 aliphatic carbocycles. The largest absolute Gasteiger partial charge is 0.378 e. The second kappa shape index (κ2) is 9.69. The van der Waals surface area contributed by atoms with E-state index in [4.69, 9.17) is 4.74 Å². The SMILES string of the molecule is CC(=O)N1CCN(C(=O)CSc2nnc(N3CCOCC3)n2-c2ccccc2C)CC1. The number of nitrogens with zero attached hydrogens (tertiary/aromatic N) is 6. The molecule has 0 atom stereocenters. The van der Waals surface area contributed by atoms with Crippen LogP contribution in [0.15, 0.2) is 29.4 Å². The van der Waals surface area contributed by atoms with E-state index >= 15 is 0 Å². The highest BCUT2D eigenvalue weighted by Gasteiger charge is 2.25. The summed E-state index contributed by atoms with van der Waals surface area (Å²) in [6.45, 7) is 8.79. The molecule has 166 valence electrons. The van der Waals surface area contributed by atoms with E-state index in [1.165, 1.54) is 11.8 Å². The number of carbonyl (C=O) groups excluding carboxylic acids is 2. The minimum absolute atomic E-state index is 0.0560. The molecule has 2 saturated heterocycles. The molecular weight excluding hydrogens is 416 g/mol. The molecule has 9 nitrogen and oxygen atoms in total. The highest BCUT2D eigenvalue weighted by Crippen LogP contribution is 2.29. The first-order valence-electron chi connectivity index (χ1n) is 10.5. The van der Waals surface area contributed by atoms with Gasteiger partial charge in [-0.15, -0.1) is 10.2 Å². The van der Waals surface area contributed by atoms with Crippen molar-refractivity contribution in [2.45, 2.75) is 19.0 Å². The quantitative estimate of drug-likeness (QED) is 0.641. The fraction of sp³-hybridized carbons (Fsp3) is 0.524. The maximum absolute atomic E-state index is 12.8. The third-order valence-corrected chi connectivity index (χ3v) is 6.58. The van der Waals surface area contributed by atoms with Gasteiger partial charge in [-0.05, 0) is 18.6 Å². The van der Waals surface area contributed by atoms with Crippen molar-refractivity contribution in [2.75, 3.05) is 63.1 Å². The summed E-state index contributed by atoms with van der Waals surface area (Å²) < 4.78 is 7.53. The molecule has 1 aromatic carbocycles. The van der Waals surface area contributed by atoms with Gasteiger partial charge in [-0.25, -0.2) is 0 Å². The van der Waals surface area contributed by atoms with Gasteiger partial charge >= 0.3 is 0 Å². The number of hydrogen-bond donors (Lipinski definition) is 0. The number of hydrogen-bond acceptors (Lipinski definition) is 7. The first-order valence-corrected chi connectivity index (χ1v) is 11.5. The number of piperazine rings is 1. The van der Waals surface area contributed by atoms with Crippen LogP contribution in [0.4, 0.5) is 5.95 Å². The van der Waals surface area contributed by atoms with Gasteiger partial charge in [0.05, 0.1) is 24.7 Å². The average molecular weight is 445 g/mol. The Morgan fingerprint density at radius 2 is 1.68 bits per heavy atom. The molecule has 2 aliphatic heterocycles. The second-order valence-corrected chi connectivity index (χ2v) is 8.62. The summed E-state index contributed by atoms with van der Waals surface area (Å²) in [6, 6.07) is 8.12. The molecule has 31 heavy (non-hydrogen) atoms. The Balaban J connectivity index is 1.50. The molecule has 0 radical (unpaired) electrons. The van der Waals surface area contributed by atoms with Crippen LogP contribution in [0.5, 0.6) is 0 Å². The fourth-order valence-corrected chi connectivity index (χ4v) is 4.68. The van der Waals surface area contributed by atoms with Gasteiger partial charge in [0.1, 0.15) is 0 Å². The summed E-state index contributed by atoms with van der Waals surface area (Å²) in [5.41, 5.74) is 2.13. The van der Waals surface area contributed by atoms with Crippen molar-refractivity contribution in [3.8, 4) is 5.69 Å². The number of morpholine rings is 1. The van der Waals surface area contributed by atoms with Gasteiger partial charge < -0.3 is 19.4 Å². The number of benzene rings is 1. The van der Waals surface area contributed by atoms with Gasteiger partial charge in [0.25, 0.3) is 0 Å². The Morgan fingerprint density at radius 1 is 1.00 bits per heavy atom. The molecule has 3 heterocycles. The van der Waals surface area contributed by atoms with E-state index in [1.807, 2.05) is 21.6 Å². The Morgan fingerprint density at radius 3 is 2.35 bits per heavy atom. The summed E-state index contributed by atoms with van der Waals surface area (Å²) in [6.07, 6.45) is 0. The lowest BCUT2D eigenvalue weighted by Gasteiger charge is -2.34. The Kier molecular flexibility index (Phi) is 6.77. The molecular formula is C21H28N6O3S. The van der Waals surface area contributed by atoms with E-state index in [1.54, 1.807) is 11.8 Å². The van der Waals surface area contributed by atoms with Crippen molar-refractivity contribution < 1.29 is 14.3 Å². The maximum Gasteiger partial charge on any atom is 0.233 e. The lowest BCUT2D eigenvalue weighted by atomic mass is 10.2. The van der Waals surface area contributed by atoms with Crippen LogP contribution in [0.2, 0.25) is 0 Å². The summed E-state index contributed by atoms with van der Waals surface area (Å²) in [4.78, 5) is 30.1. The zero-order valence-electron chi connectivity index (χ0n) is 18.0. The molecule has 2 aromatic rings. The van der Waals surface area contributed by atoms with Crippen molar-refractivity contribution >= 4 is 29.5 Å². The highest BCUT2D eigenvalue weighted by molar-refractivity contribution is 7.99. The Bertz CT molecular complexity index is 935. The smallest absolute Gasteiger partial charge is 0.233 e. The minimum Gasteiger partial charge on any atom is -0.378 e. The number of aromatic nitrogens is 3. The zero-order chi connectivity index (χ0) is 21.8. The molecule has 0 bridgehead atoms. The van der Waals surface area contributed by atoms with Crippen LogP contribution in [-0.4, -0.2) is 94.6 Å². The van der Waals surface area contributed by atoms with Crippen LogP contribution in [0.25, 0.3) is 5.69 Å². The van der Waals surface area contributed by atoms with Crippen LogP contribution in [0.1, 0.15) is 12.5 Å². The second-order valence-electron chi connectivity index (χ2n) is 7.68. The van der Waals surface area contributed by atoms with Gasteiger partial charge in [0.2, 0.25) is 17.8 Å². The number of rotatable bonds is 5. The van der Waals surface area contributed by atoms with Crippen molar-refractivity contribution in [2.24, 2.45) is 0 Å². The van der Waals surface area contributed by atoms with Crippen molar-refractivity contribution in [1.82, 2.24) is 24.6 Å². The molecule has 2 amide bonds. The topological polar surface area (TPSA) is 83.8 Å². The number of ether oxygens (including phenoxy) is 1. The molecule has 2 fully saturated rings. The number of aryl methyl sites for hydroxylation is 1. The van der Waals surface area contributed by atoms with E-state index in [-0.39, 0.29) is 17.6 Å². The Labute approximate surface area is 186 Å². The molecule has 1 aromatic heterocycles. The van der Waals surface area contributed by atoms with Crippen molar-refractivity contribution in [1.29, 1.82) is 0 Å². The third-order valence-electron chi connectivity index (χ3n) is 5.67. The molecule has 10 heteroatoms. The number of carbonyl (C=O) groups is 2. The van der Waals surface area contributed by atoms with Crippen LogP contribution < -0.4 is 4.90 Å². The molecule has 2 aliphatic rings. The predicted octanol–water partition coefficient (Wildman–Crippen LogP) is 1.20. The summed E-state index contributed by atoms with van der Waals surface area (Å²) in [5.74, 6) is 1.18. The summed E-state index contributed by atoms with van der Waals surface area (Å²) >= 11 is 1.40. The molecule has 0 N–H and O–H groups in total. The summed E-state index contributed by atoms with van der Waals surface area (Å²) in [5, 5.41) is 9.60. The van der Waals surface area contributed by atoms with Crippen LogP contribution in [0, 0.1) is 6.92 Å². The van der Waals surface area contributed by atoms with Gasteiger partial charge in [-0.3, -0.25) is 14.2 Å². The average Bonchev–Trinajstić information content (AvgIpc) is 3.22.